The number of phenolic OH excluding ortho intramolecular Hbond substituents is 1. The minimum Gasteiger partial charge on any atom is -0.508 e. The molecule has 0 spiro atoms. The van der Waals surface area contributed by atoms with Gasteiger partial charge in [0.25, 0.3) is 0 Å². The van der Waals surface area contributed by atoms with Gasteiger partial charge in [0.1, 0.15) is 5.75 Å². The average molecular weight is 273 g/mol. The summed E-state index contributed by atoms with van der Waals surface area (Å²) in [6.45, 7) is 3.43. The van der Waals surface area contributed by atoms with Gasteiger partial charge in [-0.25, -0.2) is 4.98 Å². The van der Waals surface area contributed by atoms with E-state index in [2.05, 4.69) is 22.2 Å². The third kappa shape index (κ3) is 4.42. The lowest BCUT2D eigenvalue weighted by Crippen LogP contribution is -2.08. The van der Waals surface area contributed by atoms with Crippen LogP contribution in [0.3, 0.4) is 0 Å². The van der Waals surface area contributed by atoms with Crippen LogP contribution in [0.1, 0.15) is 18.9 Å². The minimum absolute atomic E-state index is 0.283. The van der Waals surface area contributed by atoms with Crippen LogP contribution in [-0.4, -0.2) is 28.2 Å². The zero-order valence-electron chi connectivity index (χ0n) is 11.5. The highest BCUT2D eigenvalue weighted by Gasteiger charge is 2.00. The topological polar surface area (TPSA) is 67.3 Å². The summed E-state index contributed by atoms with van der Waals surface area (Å²) in [5.74, 6) is 1.44. The average Bonchev–Trinajstić information content (AvgIpc) is 2.48. The molecule has 0 fully saturated rings. The molecule has 0 radical (unpaired) electrons. The molecule has 5 nitrogen and oxygen atoms in total. The van der Waals surface area contributed by atoms with E-state index in [0.29, 0.717) is 18.4 Å². The van der Waals surface area contributed by atoms with Crippen LogP contribution in [0.5, 0.6) is 11.6 Å². The smallest absolute Gasteiger partial charge is 0.225 e. The number of anilines is 1. The lowest BCUT2D eigenvalue weighted by Gasteiger charge is -2.07. The van der Waals surface area contributed by atoms with E-state index >= 15 is 0 Å². The SMILES string of the molecule is CCCOc1ccnc(NCCc2ccc(O)cc2)n1. The fourth-order valence-electron chi connectivity index (χ4n) is 1.70. The molecule has 0 amide bonds. The Morgan fingerprint density at radius 1 is 1.20 bits per heavy atom. The van der Waals surface area contributed by atoms with Crippen LogP contribution in [0, 0.1) is 0 Å². The summed E-state index contributed by atoms with van der Waals surface area (Å²) >= 11 is 0. The molecule has 1 heterocycles. The van der Waals surface area contributed by atoms with Crippen LogP contribution in [0.25, 0.3) is 0 Å². The quantitative estimate of drug-likeness (QED) is 0.811. The standard InChI is InChI=1S/C15H19N3O2/c1-2-11-20-14-8-10-17-15(18-14)16-9-7-12-3-5-13(19)6-4-12/h3-6,8,10,19H,2,7,9,11H2,1H3,(H,16,17,18). The molecule has 0 aliphatic rings. The van der Waals surface area contributed by atoms with Gasteiger partial charge in [-0.15, -0.1) is 0 Å². The van der Waals surface area contributed by atoms with E-state index in [-0.39, 0.29) is 5.75 Å². The molecule has 1 aromatic carbocycles. The Morgan fingerprint density at radius 2 is 2.00 bits per heavy atom. The molecule has 0 aliphatic heterocycles. The largest absolute Gasteiger partial charge is 0.508 e. The van der Waals surface area contributed by atoms with Crippen molar-refractivity contribution in [1.82, 2.24) is 9.97 Å². The molecule has 0 unspecified atom stereocenters. The number of benzene rings is 1. The zero-order chi connectivity index (χ0) is 14.2. The van der Waals surface area contributed by atoms with Gasteiger partial charge in [0.05, 0.1) is 6.61 Å². The van der Waals surface area contributed by atoms with Crippen LogP contribution in [0.4, 0.5) is 5.95 Å². The predicted molar refractivity (Wildman–Crippen MR) is 78.1 cm³/mol. The fourth-order valence-corrected chi connectivity index (χ4v) is 1.70. The molecule has 2 rings (SSSR count). The highest BCUT2D eigenvalue weighted by molar-refractivity contribution is 5.29. The lowest BCUT2D eigenvalue weighted by atomic mass is 10.1. The van der Waals surface area contributed by atoms with Gasteiger partial charge < -0.3 is 15.2 Å². The molecular formula is C15H19N3O2. The van der Waals surface area contributed by atoms with Crippen molar-refractivity contribution in [2.75, 3.05) is 18.5 Å². The Bertz CT molecular complexity index is 529. The number of phenols is 1. The summed E-state index contributed by atoms with van der Waals surface area (Å²) in [6.07, 6.45) is 3.47. The van der Waals surface area contributed by atoms with Crippen molar-refractivity contribution in [3.8, 4) is 11.6 Å². The van der Waals surface area contributed by atoms with E-state index in [1.54, 1.807) is 24.4 Å². The van der Waals surface area contributed by atoms with Crippen molar-refractivity contribution in [1.29, 1.82) is 0 Å². The molecule has 0 saturated heterocycles. The Kier molecular flexibility index (Phi) is 5.17. The summed E-state index contributed by atoms with van der Waals surface area (Å²) < 4.78 is 5.45. The Labute approximate surface area is 118 Å². The number of hydrogen-bond donors (Lipinski definition) is 2. The number of aromatic hydroxyl groups is 1. The maximum Gasteiger partial charge on any atom is 0.225 e. The van der Waals surface area contributed by atoms with Crippen molar-refractivity contribution in [2.24, 2.45) is 0 Å². The maximum absolute atomic E-state index is 9.21. The molecule has 106 valence electrons. The highest BCUT2D eigenvalue weighted by Crippen LogP contribution is 2.11. The summed E-state index contributed by atoms with van der Waals surface area (Å²) in [7, 11) is 0. The van der Waals surface area contributed by atoms with E-state index in [9.17, 15) is 5.11 Å². The molecular weight excluding hydrogens is 254 g/mol. The third-order valence-corrected chi connectivity index (χ3v) is 2.72. The molecule has 5 heteroatoms. The molecule has 1 aromatic heterocycles. The molecule has 20 heavy (non-hydrogen) atoms. The van der Waals surface area contributed by atoms with Crippen LogP contribution in [0.2, 0.25) is 0 Å². The third-order valence-electron chi connectivity index (χ3n) is 2.72. The second kappa shape index (κ2) is 7.33. The van der Waals surface area contributed by atoms with Crippen molar-refractivity contribution in [3.05, 3.63) is 42.1 Å². The van der Waals surface area contributed by atoms with Gasteiger partial charge in [-0.1, -0.05) is 19.1 Å². The van der Waals surface area contributed by atoms with Crippen molar-refractivity contribution < 1.29 is 9.84 Å². The molecule has 2 N–H and O–H groups in total. The summed E-state index contributed by atoms with van der Waals surface area (Å²) in [5, 5.41) is 12.4. The second-order valence-corrected chi connectivity index (χ2v) is 4.41. The van der Waals surface area contributed by atoms with Gasteiger partial charge in [-0.2, -0.15) is 4.98 Å². The Morgan fingerprint density at radius 3 is 2.75 bits per heavy atom. The van der Waals surface area contributed by atoms with E-state index in [4.69, 9.17) is 4.74 Å². The normalized spacial score (nSPS) is 10.2. The first-order chi connectivity index (χ1) is 9.78. The summed E-state index contributed by atoms with van der Waals surface area (Å²) in [6, 6.07) is 8.92. The monoisotopic (exact) mass is 273 g/mol. The van der Waals surface area contributed by atoms with Crippen molar-refractivity contribution in [3.63, 3.8) is 0 Å². The van der Waals surface area contributed by atoms with Crippen molar-refractivity contribution in [2.45, 2.75) is 19.8 Å². The maximum atomic E-state index is 9.21. The summed E-state index contributed by atoms with van der Waals surface area (Å²) in [5.41, 5.74) is 1.15. The predicted octanol–water partition coefficient (Wildman–Crippen LogP) is 2.63. The molecule has 0 aliphatic carbocycles. The van der Waals surface area contributed by atoms with E-state index in [0.717, 1.165) is 24.9 Å². The minimum atomic E-state index is 0.283. The molecule has 0 atom stereocenters. The number of hydrogen-bond acceptors (Lipinski definition) is 5. The number of rotatable bonds is 7. The van der Waals surface area contributed by atoms with Crippen molar-refractivity contribution >= 4 is 5.95 Å². The molecule has 2 aromatic rings. The first kappa shape index (κ1) is 14.1. The van der Waals surface area contributed by atoms with E-state index in [1.807, 2.05) is 12.1 Å². The van der Waals surface area contributed by atoms with Gasteiger partial charge in [-0.05, 0) is 30.5 Å². The van der Waals surface area contributed by atoms with Gasteiger partial charge >= 0.3 is 0 Å². The first-order valence-corrected chi connectivity index (χ1v) is 6.75. The number of ether oxygens (including phenoxy) is 1. The van der Waals surface area contributed by atoms with Crippen LogP contribution in [-0.2, 0) is 6.42 Å². The highest BCUT2D eigenvalue weighted by atomic mass is 16.5. The molecule has 0 saturated carbocycles. The van der Waals surface area contributed by atoms with Crippen LogP contribution in [0.15, 0.2) is 36.5 Å². The Balaban J connectivity index is 1.82. The second-order valence-electron chi connectivity index (χ2n) is 4.41. The Hall–Kier alpha value is -2.30. The first-order valence-electron chi connectivity index (χ1n) is 6.75. The van der Waals surface area contributed by atoms with Gasteiger partial charge in [0, 0.05) is 18.8 Å². The van der Waals surface area contributed by atoms with Crippen LogP contribution >= 0.6 is 0 Å². The van der Waals surface area contributed by atoms with Crippen LogP contribution < -0.4 is 10.1 Å². The van der Waals surface area contributed by atoms with E-state index in [1.165, 1.54) is 0 Å². The lowest BCUT2D eigenvalue weighted by molar-refractivity contribution is 0.305. The number of nitrogens with one attached hydrogen (secondary N) is 1. The van der Waals surface area contributed by atoms with Gasteiger partial charge in [-0.3, -0.25) is 0 Å². The number of aromatic nitrogens is 2. The fraction of sp³-hybridized carbons (Fsp3) is 0.333. The number of nitrogens with zero attached hydrogens (tertiary/aromatic N) is 2. The van der Waals surface area contributed by atoms with Gasteiger partial charge in [0.15, 0.2) is 0 Å². The van der Waals surface area contributed by atoms with E-state index < -0.39 is 0 Å². The zero-order valence-corrected chi connectivity index (χ0v) is 11.5. The van der Waals surface area contributed by atoms with Gasteiger partial charge in [0.2, 0.25) is 11.8 Å². The molecule has 0 bridgehead atoms. The summed E-state index contributed by atoms with van der Waals surface area (Å²) in [4.78, 5) is 8.42.